The van der Waals surface area contributed by atoms with Crippen molar-refractivity contribution in [1.82, 2.24) is 14.0 Å². The summed E-state index contributed by atoms with van der Waals surface area (Å²) in [4.78, 5) is 14.7. The summed E-state index contributed by atoms with van der Waals surface area (Å²) in [6.45, 7) is 2.22. The van der Waals surface area contributed by atoms with Crippen LogP contribution in [0.15, 0.2) is 52.0 Å². The van der Waals surface area contributed by atoms with Crippen LogP contribution in [0.5, 0.6) is 0 Å². The summed E-state index contributed by atoms with van der Waals surface area (Å²) in [6.07, 6.45) is 3.84. The quantitative estimate of drug-likeness (QED) is 0.642. The van der Waals surface area contributed by atoms with Crippen LogP contribution in [0.1, 0.15) is 5.56 Å². The lowest BCUT2D eigenvalue weighted by Crippen LogP contribution is -2.26. The summed E-state index contributed by atoms with van der Waals surface area (Å²) in [6, 6.07) is 9.79. The fraction of sp³-hybridized carbons (Fsp3) is 0.278. The van der Waals surface area contributed by atoms with Crippen molar-refractivity contribution >= 4 is 38.4 Å². The van der Waals surface area contributed by atoms with E-state index in [0.29, 0.717) is 18.1 Å². The molecule has 0 saturated carbocycles. The fourth-order valence-electron chi connectivity index (χ4n) is 2.69. The summed E-state index contributed by atoms with van der Waals surface area (Å²) in [7, 11) is 4.01. The first kappa shape index (κ1) is 17.3. The van der Waals surface area contributed by atoms with Crippen LogP contribution in [-0.2, 0) is 13.1 Å². The van der Waals surface area contributed by atoms with Gasteiger partial charge in [0.1, 0.15) is 0 Å². The van der Waals surface area contributed by atoms with E-state index in [1.54, 1.807) is 4.57 Å². The van der Waals surface area contributed by atoms with Crippen LogP contribution in [0.4, 0.5) is 0 Å². The highest BCUT2D eigenvalue weighted by molar-refractivity contribution is 9.10. The lowest BCUT2D eigenvalue weighted by Gasteiger charge is -2.12. The van der Waals surface area contributed by atoms with Gasteiger partial charge in [-0.2, -0.15) is 0 Å². The number of benzene rings is 1. The van der Waals surface area contributed by atoms with Crippen molar-refractivity contribution in [2.75, 3.05) is 20.6 Å². The minimum atomic E-state index is 0.0605. The summed E-state index contributed by atoms with van der Waals surface area (Å²) < 4.78 is 4.73. The molecule has 126 valence electrons. The Labute approximate surface area is 154 Å². The maximum Gasteiger partial charge on any atom is 0.260 e. The first-order valence-corrected chi connectivity index (χ1v) is 8.90. The van der Waals surface area contributed by atoms with Crippen LogP contribution >= 0.6 is 27.5 Å². The molecule has 0 amide bonds. The molecule has 3 aromatic rings. The zero-order chi connectivity index (χ0) is 17.3. The first-order chi connectivity index (χ1) is 11.5. The maximum atomic E-state index is 12.6. The van der Waals surface area contributed by atoms with E-state index in [0.717, 1.165) is 27.5 Å². The van der Waals surface area contributed by atoms with Gasteiger partial charge in [0.15, 0.2) is 0 Å². The van der Waals surface area contributed by atoms with Gasteiger partial charge < -0.3 is 14.0 Å². The van der Waals surface area contributed by atoms with Gasteiger partial charge in [0, 0.05) is 36.5 Å². The molecule has 0 fully saturated rings. The first-order valence-electron chi connectivity index (χ1n) is 7.72. The van der Waals surface area contributed by atoms with E-state index in [9.17, 15) is 4.79 Å². The van der Waals surface area contributed by atoms with Gasteiger partial charge in [-0.05, 0) is 59.9 Å². The number of hydrogen-bond donors (Lipinski definition) is 0. The molecule has 2 aromatic heterocycles. The largest absolute Gasteiger partial charge is 0.343 e. The third-order valence-corrected chi connectivity index (χ3v) is 5.25. The lowest BCUT2D eigenvalue weighted by molar-refractivity contribution is 0.381. The van der Waals surface area contributed by atoms with Gasteiger partial charge in [-0.3, -0.25) is 4.79 Å². The van der Waals surface area contributed by atoms with Crippen molar-refractivity contribution in [3.05, 3.63) is 68.1 Å². The molecule has 0 radical (unpaired) electrons. The Kier molecular flexibility index (Phi) is 5.13. The number of hydrogen-bond acceptors (Lipinski definition) is 2. The highest BCUT2D eigenvalue weighted by atomic mass is 79.9. The van der Waals surface area contributed by atoms with Gasteiger partial charge in [0.2, 0.25) is 0 Å². The SMILES string of the molecule is CN(C)CCn1ccc2c(ccn2Cc2ccc(Cl)c(Br)c2)c1=O. The van der Waals surface area contributed by atoms with Crippen LogP contribution in [0.25, 0.3) is 10.9 Å². The Balaban J connectivity index is 1.92. The zero-order valence-corrected chi connectivity index (χ0v) is 16.0. The molecule has 0 saturated heterocycles. The molecule has 3 rings (SSSR count). The fourth-order valence-corrected chi connectivity index (χ4v) is 3.23. The molecule has 6 heteroatoms. The van der Waals surface area contributed by atoms with Crippen molar-refractivity contribution in [2.45, 2.75) is 13.1 Å². The maximum absolute atomic E-state index is 12.6. The van der Waals surface area contributed by atoms with E-state index >= 15 is 0 Å². The summed E-state index contributed by atoms with van der Waals surface area (Å²) in [5.41, 5.74) is 2.14. The molecule has 0 bridgehead atoms. The van der Waals surface area contributed by atoms with Crippen LogP contribution < -0.4 is 5.56 Å². The molecule has 2 heterocycles. The average molecular weight is 409 g/mol. The molecule has 4 nitrogen and oxygen atoms in total. The molecule has 0 aliphatic rings. The van der Waals surface area contributed by atoms with Crippen LogP contribution in [0, 0.1) is 0 Å². The van der Waals surface area contributed by atoms with Gasteiger partial charge in [0.05, 0.1) is 15.9 Å². The van der Waals surface area contributed by atoms with Crippen molar-refractivity contribution in [2.24, 2.45) is 0 Å². The van der Waals surface area contributed by atoms with E-state index in [4.69, 9.17) is 11.6 Å². The van der Waals surface area contributed by atoms with E-state index in [1.165, 1.54) is 0 Å². The number of fused-ring (bicyclic) bond motifs is 1. The number of halogens is 2. The second kappa shape index (κ2) is 7.13. The van der Waals surface area contributed by atoms with Gasteiger partial charge in [-0.1, -0.05) is 17.7 Å². The predicted octanol–water partition coefficient (Wildman–Crippen LogP) is 3.83. The Morgan fingerprint density at radius 3 is 2.58 bits per heavy atom. The molecule has 0 unspecified atom stereocenters. The van der Waals surface area contributed by atoms with Gasteiger partial charge in [0.25, 0.3) is 5.56 Å². The Bertz CT molecular complexity index is 930. The molecule has 1 aromatic carbocycles. The normalized spacial score (nSPS) is 11.5. The van der Waals surface area contributed by atoms with Gasteiger partial charge in [-0.15, -0.1) is 0 Å². The number of aromatic nitrogens is 2. The Morgan fingerprint density at radius 2 is 1.88 bits per heavy atom. The van der Waals surface area contributed by atoms with Crippen LogP contribution in [0.3, 0.4) is 0 Å². The second-order valence-electron chi connectivity index (χ2n) is 6.11. The Hall–Kier alpha value is -1.56. The smallest absolute Gasteiger partial charge is 0.260 e. The molecular formula is C18H19BrClN3O. The van der Waals surface area contributed by atoms with Crippen LogP contribution in [-0.4, -0.2) is 34.7 Å². The van der Waals surface area contributed by atoms with Crippen molar-refractivity contribution in [3.63, 3.8) is 0 Å². The molecule has 24 heavy (non-hydrogen) atoms. The van der Waals surface area contributed by atoms with Gasteiger partial charge in [-0.25, -0.2) is 0 Å². The minimum Gasteiger partial charge on any atom is -0.343 e. The molecule has 0 aliphatic heterocycles. The highest BCUT2D eigenvalue weighted by Crippen LogP contribution is 2.24. The van der Waals surface area contributed by atoms with E-state index in [2.05, 4.69) is 25.4 Å². The average Bonchev–Trinajstić information content (AvgIpc) is 2.94. The third kappa shape index (κ3) is 3.58. The molecule has 0 spiro atoms. The van der Waals surface area contributed by atoms with E-state index in [-0.39, 0.29) is 5.56 Å². The van der Waals surface area contributed by atoms with E-state index in [1.807, 2.05) is 56.8 Å². The topological polar surface area (TPSA) is 30.2 Å². The number of rotatable bonds is 5. The summed E-state index contributed by atoms with van der Waals surface area (Å²) in [5, 5.41) is 1.45. The summed E-state index contributed by atoms with van der Waals surface area (Å²) in [5.74, 6) is 0. The van der Waals surface area contributed by atoms with Crippen LogP contribution in [0.2, 0.25) is 5.02 Å². The lowest BCUT2D eigenvalue weighted by atomic mass is 10.2. The molecule has 0 aliphatic carbocycles. The number of nitrogens with zero attached hydrogens (tertiary/aromatic N) is 3. The second-order valence-corrected chi connectivity index (χ2v) is 7.37. The molecular weight excluding hydrogens is 390 g/mol. The monoisotopic (exact) mass is 407 g/mol. The number of likely N-dealkylation sites (N-methyl/N-ethyl adjacent to an activating group) is 1. The van der Waals surface area contributed by atoms with Crippen molar-refractivity contribution in [1.29, 1.82) is 0 Å². The third-order valence-electron chi connectivity index (χ3n) is 4.04. The highest BCUT2D eigenvalue weighted by Gasteiger charge is 2.08. The standard InChI is InChI=1S/C18H19BrClN3O/c1-21(2)9-10-22-8-6-17-14(18(22)24)5-7-23(17)12-13-3-4-16(20)15(19)11-13/h3-8,11H,9-10,12H2,1-2H3. The molecule has 0 N–H and O–H groups in total. The zero-order valence-electron chi connectivity index (χ0n) is 13.7. The number of pyridine rings is 1. The van der Waals surface area contributed by atoms with E-state index < -0.39 is 0 Å². The Morgan fingerprint density at radius 1 is 1.12 bits per heavy atom. The molecule has 0 atom stereocenters. The predicted molar refractivity (Wildman–Crippen MR) is 103 cm³/mol. The van der Waals surface area contributed by atoms with Crippen molar-refractivity contribution in [3.8, 4) is 0 Å². The van der Waals surface area contributed by atoms with Gasteiger partial charge >= 0.3 is 0 Å². The summed E-state index contributed by atoms with van der Waals surface area (Å²) >= 11 is 9.50. The van der Waals surface area contributed by atoms with Crippen molar-refractivity contribution < 1.29 is 0 Å². The minimum absolute atomic E-state index is 0.0605.